The molecule has 0 spiro atoms. The van der Waals surface area contributed by atoms with Crippen molar-refractivity contribution in [3.8, 4) is 6.07 Å². The second kappa shape index (κ2) is 7.61. The largest absolute Gasteiger partial charge is 0.301 e. The van der Waals surface area contributed by atoms with Crippen LogP contribution in [0.3, 0.4) is 0 Å². The summed E-state index contributed by atoms with van der Waals surface area (Å²) in [6.45, 7) is 10.2. The van der Waals surface area contributed by atoms with Gasteiger partial charge in [0.25, 0.3) is 0 Å². The molecule has 1 N–H and O–H groups in total. The third-order valence-corrected chi connectivity index (χ3v) is 5.40. The molecule has 2 rings (SSSR count). The Morgan fingerprint density at radius 1 is 1.33 bits per heavy atom. The van der Waals surface area contributed by atoms with Crippen LogP contribution in [0.1, 0.15) is 65.7 Å². The van der Waals surface area contributed by atoms with Gasteiger partial charge < -0.3 is 4.90 Å². The molecule has 2 saturated carbocycles. The highest BCUT2D eigenvalue weighted by Gasteiger charge is 2.42. The fourth-order valence-electron chi connectivity index (χ4n) is 3.75. The van der Waals surface area contributed by atoms with Gasteiger partial charge in [0, 0.05) is 12.6 Å². The van der Waals surface area contributed by atoms with Crippen molar-refractivity contribution in [2.75, 3.05) is 19.6 Å². The van der Waals surface area contributed by atoms with E-state index in [1.54, 1.807) is 0 Å². The molecule has 0 saturated heterocycles. The quantitative estimate of drug-likeness (QED) is 0.706. The zero-order valence-electron chi connectivity index (χ0n) is 14.2. The first-order valence-electron chi connectivity index (χ1n) is 9.01. The van der Waals surface area contributed by atoms with Crippen LogP contribution < -0.4 is 5.32 Å². The van der Waals surface area contributed by atoms with Gasteiger partial charge in [-0.2, -0.15) is 5.26 Å². The van der Waals surface area contributed by atoms with Crippen molar-refractivity contribution in [2.45, 2.75) is 77.3 Å². The van der Waals surface area contributed by atoms with Crippen LogP contribution in [-0.4, -0.2) is 36.1 Å². The second-order valence-electron chi connectivity index (χ2n) is 7.42. The average molecular weight is 291 g/mol. The minimum absolute atomic E-state index is 0.238. The maximum atomic E-state index is 9.72. The zero-order valence-corrected chi connectivity index (χ0v) is 14.2. The predicted octanol–water partition coefficient (Wildman–Crippen LogP) is 3.56. The summed E-state index contributed by atoms with van der Waals surface area (Å²) in [4.78, 5) is 2.64. The van der Waals surface area contributed by atoms with E-state index in [9.17, 15) is 5.26 Å². The number of nitriles is 1. The van der Waals surface area contributed by atoms with E-state index >= 15 is 0 Å². The van der Waals surface area contributed by atoms with Crippen LogP contribution >= 0.6 is 0 Å². The highest BCUT2D eigenvalue weighted by atomic mass is 15.1. The molecule has 120 valence electrons. The average Bonchev–Trinajstić information content (AvgIpc) is 3.20. The molecule has 0 heterocycles. The molecule has 0 aromatic carbocycles. The van der Waals surface area contributed by atoms with Crippen LogP contribution in [0.4, 0.5) is 0 Å². The first-order valence-corrected chi connectivity index (χ1v) is 9.01. The topological polar surface area (TPSA) is 39.1 Å². The lowest BCUT2D eigenvalue weighted by Gasteiger charge is -2.33. The second-order valence-corrected chi connectivity index (χ2v) is 7.42. The Bertz CT molecular complexity index is 356. The van der Waals surface area contributed by atoms with E-state index in [-0.39, 0.29) is 5.54 Å². The first-order chi connectivity index (χ1) is 10.1. The molecular weight excluding hydrogens is 258 g/mol. The molecule has 0 radical (unpaired) electrons. The fraction of sp³-hybridized carbons (Fsp3) is 0.944. The maximum Gasteiger partial charge on any atom is 0.109 e. The first kappa shape index (κ1) is 16.8. The molecule has 0 aromatic rings. The van der Waals surface area contributed by atoms with Gasteiger partial charge in [-0.25, -0.2) is 0 Å². The number of nitrogens with zero attached hydrogens (tertiary/aromatic N) is 2. The molecule has 2 fully saturated rings. The molecular formula is C18H33N3. The van der Waals surface area contributed by atoms with Crippen LogP contribution in [0.5, 0.6) is 0 Å². The lowest BCUT2D eigenvalue weighted by atomic mass is 9.85. The van der Waals surface area contributed by atoms with Gasteiger partial charge in [0.1, 0.15) is 5.54 Å². The third-order valence-electron chi connectivity index (χ3n) is 5.40. The summed E-state index contributed by atoms with van der Waals surface area (Å²) in [5, 5.41) is 13.3. The van der Waals surface area contributed by atoms with Crippen LogP contribution in [0, 0.1) is 23.2 Å². The van der Waals surface area contributed by atoms with E-state index in [1.165, 1.54) is 38.6 Å². The fourth-order valence-corrected chi connectivity index (χ4v) is 3.75. The molecule has 3 heteroatoms. The van der Waals surface area contributed by atoms with E-state index in [4.69, 9.17) is 0 Å². The molecule has 0 aromatic heterocycles. The van der Waals surface area contributed by atoms with Gasteiger partial charge >= 0.3 is 0 Å². The summed E-state index contributed by atoms with van der Waals surface area (Å²) in [7, 11) is 0. The van der Waals surface area contributed by atoms with Crippen LogP contribution in [-0.2, 0) is 0 Å². The van der Waals surface area contributed by atoms with Crippen molar-refractivity contribution in [1.82, 2.24) is 10.2 Å². The van der Waals surface area contributed by atoms with Gasteiger partial charge in [-0.3, -0.25) is 5.32 Å². The number of hydrogen-bond donors (Lipinski definition) is 1. The molecule has 2 aliphatic carbocycles. The Labute approximate surface area is 131 Å². The Morgan fingerprint density at radius 2 is 2.10 bits per heavy atom. The van der Waals surface area contributed by atoms with Crippen LogP contribution in [0.2, 0.25) is 0 Å². The highest BCUT2D eigenvalue weighted by molar-refractivity contribution is 5.14. The summed E-state index contributed by atoms with van der Waals surface area (Å²) >= 11 is 0. The summed E-state index contributed by atoms with van der Waals surface area (Å²) in [5.74, 6) is 1.49. The number of nitrogens with one attached hydrogen (secondary N) is 1. The highest BCUT2D eigenvalue weighted by Crippen LogP contribution is 2.38. The van der Waals surface area contributed by atoms with E-state index in [2.05, 4.69) is 37.1 Å². The summed E-state index contributed by atoms with van der Waals surface area (Å²) in [5.41, 5.74) is -0.238. The molecule has 21 heavy (non-hydrogen) atoms. The molecule has 0 aliphatic heterocycles. The van der Waals surface area contributed by atoms with Gasteiger partial charge in [-0.15, -0.1) is 0 Å². The van der Waals surface area contributed by atoms with Gasteiger partial charge in [-0.05, 0) is 77.3 Å². The predicted molar refractivity (Wildman–Crippen MR) is 88.0 cm³/mol. The monoisotopic (exact) mass is 291 g/mol. The maximum absolute atomic E-state index is 9.72. The molecule has 3 nitrogen and oxygen atoms in total. The van der Waals surface area contributed by atoms with Crippen molar-refractivity contribution >= 4 is 0 Å². The number of hydrogen-bond acceptors (Lipinski definition) is 3. The van der Waals surface area contributed by atoms with Gasteiger partial charge in [0.15, 0.2) is 0 Å². The van der Waals surface area contributed by atoms with Crippen LogP contribution in [0.15, 0.2) is 0 Å². The Hall–Kier alpha value is -0.590. The van der Waals surface area contributed by atoms with E-state index < -0.39 is 0 Å². The summed E-state index contributed by atoms with van der Waals surface area (Å²) < 4.78 is 0. The van der Waals surface area contributed by atoms with Gasteiger partial charge in [0.05, 0.1) is 6.07 Å². The zero-order chi connectivity index (χ0) is 15.3. The van der Waals surface area contributed by atoms with Gasteiger partial charge in [-0.1, -0.05) is 13.3 Å². The van der Waals surface area contributed by atoms with E-state index in [0.29, 0.717) is 12.0 Å². The van der Waals surface area contributed by atoms with Crippen molar-refractivity contribution < 1.29 is 0 Å². The van der Waals surface area contributed by atoms with E-state index in [0.717, 1.165) is 31.8 Å². The molecule has 2 unspecified atom stereocenters. The van der Waals surface area contributed by atoms with Crippen LogP contribution in [0.25, 0.3) is 0 Å². The molecule has 2 atom stereocenters. The van der Waals surface area contributed by atoms with Crippen molar-refractivity contribution in [3.05, 3.63) is 0 Å². The molecule has 2 aliphatic rings. The Morgan fingerprint density at radius 3 is 2.67 bits per heavy atom. The number of rotatable bonds is 9. The lowest BCUT2D eigenvalue weighted by Crippen LogP contribution is -2.48. The van der Waals surface area contributed by atoms with E-state index in [1.807, 2.05) is 0 Å². The van der Waals surface area contributed by atoms with Crippen molar-refractivity contribution in [3.63, 3.8) is 0 Å². The molecule has 0 amide bonds. The smallest absolute Gasteiger partial charge is 0.109 e. The van der Waals surface area contributed by atoms with Crippen molar-refractivity contribution in [2.24, 2.45) is 11.8 Å². The standard InChI is InChI=1S/C18H33N3/c1-4-11-20-18(14-19)10-5-6-17(18)9-12-21(15(2)3)13-16-7-8-16/h15-17,20H,4-13H2,1-3H3. The minimum atomic E-state index is -0.238. The summed E-state index contributed by atoms with van der Waals surface area (Å²) in [6, 6.07) is 3.27. The Balaban J connectivity index is 1.88. The summed E-state index contributed by atoms with van der Waals surface area (Å²) in [6.07, 6.45) is 8.60. The SMILES string of the molecule is CCCNC1(C#N)CCCC1CCN(CC1CC1)C(C)C. The van der Waals surface area contributed by atoms with Crippen molar-refractivity contribution in [1.29, 1.82) is 5.26 Å². The third kappa shape index (κ3) is 4.44. The normalized spacial score (nSPS) is 29.2. The minimum Gasteiger partial charge on any atom is -0.301 e. The Kier molecular flexibility index (Phi) is 6.08. The molecule has 0 bridgehead atoms. The van der Waals surface area contributed by atoms with Gasteiger partial charge in [0.2, 0.25) is 0 Å². The lowest BCUT2D eigenvalue weighted by molar-refractivity contribution is 0.182.